The van der Waals surface area contributed by atoms with Crippen molar-refractivity contribution in [2.24, 2.45) is 0 Å². The van der Waals surface area contributed by atoms with Gasteiger partial charge in [0.2, 0.25) is 0 Å². The van der Waals surface area contributed by atoms with Crippen LogP contribution in [-0.4, -0.2) is 5.91 Å². The Balaban J connectivity index is 1.97. The molecule has 1 amide bonds. The number of carbonyl (C=O) groups excluding carboxylic acids is 1. The first kappa shape index (κ1) is 15.7. The molecule has 0 aromatic heterocycles. The van der Waals surface area contributed by atoms with E-state index in [-0.39, 0.29) is 11.6 Å². The lowest BCUT2D eigenvalue weighted by atomic mass is 10.0. The molecule has 0 aliphatic rings. The summed E-state index contributed by atoms with van der Waals surface area (Å²) in [5.41, 5.74) is 2.32. The van der Waals surface area contributed by atoms with Gasteiger partial charge in [-0.1, -0.05) is 72.8 Å². The van der Waals surface area contributed by atoms with Crippen LogP contribution >= 0.6 is 0 Å². The van der Waals surface area contributed by atoms with Gasteiger partial charge in [-0.3, -0.25) is 4.79 Å². The molecule has 0 heterocycles. The van der Waals surface area contributed by atoms with Gasteiger partial charge in [-0.15, -0.1) is 0 Å². The molecule has 3 rings (SSSR count). The molecule has 3 aromatic rings. The molecular weight excluding hydrogens is 301 g/mol. The number of amides is 1. The number of hydrogen-bond acceptors (Lipinski definition) is 1. The highest BCUT2D eigenvalue weighted by Crippen LogP contribution is 2.21. The van der Waals surface area contributed by atoms with Crippen molar-refractivity contribution < 1.29 is 9.18 Å². The molecule has 0 bridgehead atoms. The Labute approximate surface area is 140 Å². The summed E-state index contributed by atoms with van der Waals surface area (Å²) in [6.07, 6.45) is 1.80. The molecule has 0 saturated carbocycles. The van der Waals surface area contributed by atoms with E-state index >= 15 is 0 Å². The lowest BCUT2D eigenvalue weighted by Crippen LogP contribution is -2.14. The third kappa shape index (κ3) is 3.76. The average molecular weight is 317 g/mol. The first-order chi connectivity index (χ1) is 11.7. The molecule has 3 heteroatoms. The van der Waals surface area contributed by atoms with Gasteiger partial charge in [0.05, 0.1) is 5.69 Å². The summed E-state index contributed by atoms with van der Waals surface area (Å²) >= 11 is 0. The number of para-hydroxylation sites is 1. The Kier molecular flexibility index (Phi) is 4.82. The zero-order valence-electron chi connectivity index (χ0n) is 12.9. The molecule has 1 N–H and O–H groups in total. The average Bonchev–Trinajstić information content (AvgIpc) is 2.63. The van der Waals surface area contributed by atoms with Crippen LogP contribution in [0, 0.1) is 5.82 Å². The van der Waals surface area contributed by atoms with E-state index in [0.717, 1.165) is 11.1 Å². The van der Waals surface area contributed by atoms with E-state index in [0.29, 0.717) is 5.57 Å². The van der Waals surface area contributed by atoms with Crippen LogP contribution in [-0.2, 0) is 4.79 Å². The van der Waals surface area contributed by atoms with Gasteiger partial charge in [0.25, 0.3) is 5.91 Å². The second kappa shape index (κ2) is 7.38. The number of halogens is 1. The third-order valence-electron chi connectivity index (χ3n) is 3.56. The highest BCUT2D eigenvalue weighted by molar-refractivity contribution is 6.29. The third-order valence-corrected chi connectivity index (χ3v) is 3.56. The number of benzene rings is 3. The minimum Gasteiger partial charge on any atom is -0.319 e. The Hall–Kier alpha value is -3.20. The Morgan fingerprint density at radius 2 is 1.38 bits per heavy atom. The molecule has 118 valence electrons. The first-order valence-electron chi connectivity index (χ1n) is 7.62. The van der Waals surface area contributed by atoms with Crippen LogP contribution in [0.5, 0.6) is 0 Å². The predicted octanol–water partition coefficient (Wildman–Crippen LogP) is 5.01. The molecule has 0 aliphatic carbocycles. The molecule has 24 heavy (non-hydrogen) atoms. The standard InChI is InChI=1S/C21H16FNO/c22-19-13-7-8-14-20(19)23-21(24)18(17-11-5-2-6-12-17)15-16-9-3-1-4-10-16/h1-15H,(H,23,24). The number of carbonyl (C=O) groups is 1. The molecule has 2 nitrogen and oxygen atoms in total. The minimum atomic E-state index is -0.460. The summed E-state index contributed by atoms with van der Waals surface area (Å²) in [6, 6.07) is 25.0. The zero-order chi connectivity index (χ0) is 16.8. The van der Waals surface area contributed by atoms with E-state index in [4.69, 9.17) is 0 Å². The van der Waals surface area contributed by atoms with Gasteiger partial charge in [-0.05, 0) is 29.3 Å². The van der Waals surface area contributed by atoms with E-state index < -0.39 is 5.82 Å². The van der Waals surface area contributed by atoms with Crippen LogP contribution < -0.4 is 5.32 Å². The van der Waals surface area contributed by atoms with Crippen LogP contribution in [0.1, 0.15) is 11.1 Å². The highest BCUT2D eigenvalue weighted by atomic mass is 19.1. The lowest BCUT2D eigenvalue weighted by Gasteiger charge is -2.10. The predicted molar refractivity (Wildman–Crippen MR) is 95.8 cm³/mol. The summed E-state index contributed by atoms with van der Waals surface area (Å²) in [7, 11) is 0. The Bertz CT molecular complexity index is 857. The number of hydrogen-bond donors (Lipinski definition) is 1. The van der Waals surface area contributed by atoms with Crippen molar-refractivity contribution in [2.75, 3.05) is 5.32 Å². The van der Waals surface area contributed by atoms with Crippen molar-refractivity contribution in [3.8, 4) is 0 Å². The van der Waals surface area contributed by atoms with Crippen molar-refractivity contribution in [1.29, 1.82) is 0 Å². The van der Waals surface area contributed by atoms with Crippen molar-refractivity contribution in [1.82, 2.24) is 0 Å². The van der Waals surface area contributed by atoms with Gasteiger partial charge in [-0.25, -0.2) is 4.39 Å². The van der Waals surface area contributed by atoms with Crippen molar-refractivity contribution in [2.45, 2.75) is 0 Å². The van der Waals surface area contributed by atoms with Crippen molar-refractivity contribution >= 4 is 23.2 Å². The van der Waals surface area contributed by atoms with Crippen LogP contribution in [0.15, 0.2) is 84.9 Å². The second-order valence-electron chi connectivity index (χ2n) is 5.27. The van der Waals surface area contributed by atoms with E-state index in [1.807, 2.05) is 60.7 Å². The summed E-state index contributed by atoms with van der Waals surface area (Å²) in [5.74, 6) is -0.812. The summed E-state index contributed by atoms with van der Waals surface area (Å²) in [6.45, 7) is 0. The maximum absolute atomic E-state index is 13.8. The highest BCUT2D eigenvalue weighted by Gasteiger charge is 2.14. The van der Waals surface area contributed by atoms with Crippen LogP contribution in [0.4, 0.5) is 10.1 Å². The molecule has 0 unspecified atom stereocenters. The minimum absolute atomic E-state index is 0.164. The maximum Gasteiger partial charge on any atom is 0.256 e. The van der Waals surface area contributed by atoms with Gasteiger partial charge in [0, 0.05) is 5.57 Å². The lowest BCUT2D eigenvalue weighted by molar-refractivity contribution is -0.111. The van der Waals surface area contributed by atoms with Crippen molar-refractivity contribution in [3.63, 3.8) is 0 Å². The van der Waals surface area contributed by atoms with E-state index in [1.165, 1.54) is 6.07 Å². The molecule has 0 aliphatic heterocycles. The normalized spacial score (nSPS) is 11.1. The van der Waals surface area contributed by atoms with Crippen LogP contribution in [0.2, 0.25) is 0 Å². The summed E-state index contributed by atoms with van der Waals surface area (Å²) < 4.78 is 13.8. The topological polar surface area (TPSA) is 29.1 Å². The summed E-state index contributed by atoms with van der Waals surface area (Å²) in [4.78, 5) is 12.7. The molecular formula is C21H16FNO. The Morgan fingerprint density at radius 3 is 2.04 bits per heavy atom. The van der Waals surface area contributed by atoms with Gasteiger partial charge >= 0.3 is 0 Å². The monoisotopic (exact) mass is 317 g/mol. The number of rotatable bonds is 4. The van der Waals surface area contributed by atoms with E-state index in [2.05, 4.69) is 5.32 Å². The molecule has 0 spiro atoms. The van der Waals surface area contributed by atoms with Gasteiger partial charge in [0.15, 0.2) is 0 Å². The van der Waals surface area contributed by atoms with Crippen LogP contribution in [0.25, 0.3) is 11.6 Å². The SMILES string of the molecule is O=C(Nc1ccccc1F)C(=Cc1ccccc1)c1ccccc1. The first-order valence-corrected chi connectivity index (χ1v) is 7.62. The Morgan fingerprint density at radius 1 is 0.792 bits per heavy atom. The smallest absolute Gasteiger partial charge is 0.256 e. The van der Waals surface area contributed by atoms with Crippen LogP contribution in [0.3, 0.4) is 0 Å². The molecule has 0 fully saturated rings. The van der Waals surface area contributed by atoms with E-state index in [9.17, 15) is 9.18 Å². The summed E-state index contributed by atoms with van der Waals surface area (Å²) in [5, 5.41) is 2.65. The van der Waals surface area contributed by atoms with Crippen molar-refractivity contribution in [3.05, 3.63) is 102 Å². The molecule has 0 saturated heterocycles. The zero-order valence-corrected chi connectivity index (χ0v) is 12.9. The quantitative estimate of drug-likeness (QED) is 0.532. The second-order valence-corrected chi connectivity index (χ2v) is 5.27. The van der Waals surface area contributed by atoms with E-state index in [1.54, 1.807) is 24.3 Å². The number of nitrogens with one attached hydrogen (secondary N) is 1. The molecule has 3 aromatic carbocycles. The maximum atomic E-state index is 13.8. The fraction of sp³-hybridized carbons (Fsp3) is 0. The molecule has 0 atom stereocenters. The van der Waals surface area contributed by atoms with Gasteiger partial charge in [0.1, 0.15) is 5.82 Å². The fourth-order valence-electron chi connectivity index (χ4n) is 2.37. The fourth-order valence-corrected chi connectivity index (χ4v) is 2.37. The molecule has 0 radical (unpaired) electrons. The van der Waals surface area contributed by atoms with Gasteiger partial charge in [-0.2, -0.15) is 0 Å². The van der Waals surface area contributed by atoms with Gasteiger partial charge < -0.3 is 5.32 Å². The largest absolute Gasteiger partial charge is 0.319 e. The number of anilines is 1.